The summed E-state index contributed by atoms with van der Waals surface area (Å²) in [4.78, 5) is 42.4. The minimum absolute atomic E-state index is 0.0181. The first-order valence-electron chi connectivity index (χ1n) is 12.5. The zero-order chi connectivity index (χ0) is 26.5. The quantitative estimate of drug-likeness (QED) is 0.323. The molecule has 0 saturated carbocycles. The summed E-state index contributed by atoms with van der Waals surface area (Å²) in [6, 6.07) is 9.58. The van der Waals surface area contributed by atoms with Crippen molar-refractivity contribution in [1.82, 2.24) is 25.1 Å². The zero-order valence-corrected chi connectivity index (χ0v) is 23.7. The maximum Gasteiger partial charge on any atom is 0.317 e. The molecule has 2 fully saturated rings. The monoisotopic (exact) mass is 565 g/mol. The number of anilines is 2. The number of amides is 3. The van der Waals surface area contributed by atoms with Gasteiger partial charge in [0.05, 0.1) is 5.75 Å². The van der Waals surface area contributed by atoms with Gasteiger partial charge in [-0.2, -0.15) is 0 Å². The van der Waals surface area contributed by atoms with E-state index in [1.807, 2.05) is 54.8 Å². The first kappa shape index (κ1) is 27.6. The average molecular weight is 567 g/mol. The highest BCUT2D eigenvalue weighted by Gasteiger charge is 2.29. The van der Waals surface area contributed by atoms with E-state index in [0.29, 0.717) is 53.9 Å². The third kappa shape index (κ3) is 7.33. The Morgan fingerprint density at radius 1 is 1.05 bits per heavy atom. The molecule has 0 bridgehead atoms. The Morgan fingerprint density at radius 2 is 1.78 bits per heavy atom. The number of thioether (sulfide) groups is 1. The predicted molar refractivity (Wildman–Crippen MR) is 150 cm³/mol. The van der Waals surface area contributed by atoms with Crippen LogP contribution < -0.4 is 15.1 Å². The van der Waals surface area contributed by atoms with E-state index in [1.165, 1.54) is 11.8 Å². The van der Waals surface area contributed by atoms with Crippen LogP contribution in [0.4, 0.5) is 16.3 Å². The van der Waals surface area contributed by atoms with Gasteiger partial charge in [-0.05, 0) is 39.0 Å². The summed E-state index contributed by atoms with van der Waals surface area (Å²) in [5.74, 6) is 1.01. The van der Waals surface area contributed by atoms with E-state index in [-0.39, 0.29) is 29.8 Å². The Morgan fingerprint density at radius 3 is 2.46 bits per heavy atom. The van der Waals surface area contributed by atoms with Gasteiger partial charge in [0.25, 0.3) is 0 Å². The van der Waals surface area contributed by atoms with Crippen LogP contribution in [0.15, 0.2) is 35.5 Å². The third-order valence-corrected chi connectivity index (χ3v) is 7.68. The molecule has 2 aromatic rings. The van der Waals surface area contributed by atoms with E-state index < -0.39 is 0 Å². The van der Waals surface area contributed by atoms with E-state index in [9.17, 15) is 9.59 Å². The maximum absolute atomic E-state index is 12.9. The second-order valence-electron chi connectivity index (χ2n) is 9.56. The van der Waals surface area contributed by atoms with Gasteiger partial charge in [-0.15, -0.1) is 0 Å². The van der Waals surface area contributed by atoms with Crippen molar-refractivity contribution in [3.63, 3.8) is 0 Å². The molecule has 1 aromatic carbocycles. The highest BCUT2D eigenvalue weighted by molar-refractivity contribution is 7.99. The van der Waals surface area contributed by atoms with Crippen molar-refractivity contribution in [2.45, 2.75) is 38.0 Å². The SMILES string of the molecule is CC(C)NC(=O)N1CCN(c2cc(Cl)nc(SCC(=O)N3CCN(c4cccc(Cl)c4)CC3)n2)CC1C. The molecule has 9 nitrogen and oxygen atoms in total. The molecule has 1 N–H and O–H groups in total. The second-order valence-corrected chi connectivity index (χ2v) is 11.3. The van der Waals surface area contributed by atoms with E-state index >= 15 is 0 Å². The fourth-order valence-corrected chi connectivity index (χ4v) is 5.68. The van der Waals surface area contributed by atoms with Crippen molar-refractivity contribution >= 4 is 58.4 Å². The van der Waals surface area contributed by atoms with Gasteiger partial charge < -0.3 is 24.9 Å². The largest absolute Gasteiger partial charge is 0.368 e. The molecule has 1 unspecified atom stereocenters. The topological polar surface area (TPSA) is 84.9 Å². The molecule has 2 aliphatic heterocycles. The highest BCUT2D eigenvalue weighted by Crippen LogP contribution is 2.25. The number of carbonyl (C=O) groups is 2. The summed E-state index contributed by atoms with van der Waals surface area (Å²) in [6.45, 7) is 10.6. The predicted octanol–water partition coefficient (Wildman–Crippen LogP) is 3.85. The lowest BCUT2D eigenvalue weighted by Gasteiger charge is -2.40. The van der Waals surface area contributed by atoms with Gasteiger partial charge in [0.1, 0.15) is 11.0 Å². The lowest BCUT2D eigenvalue weighted by Crippen LogP contribution is -2.57. The lowest BCUT2D eigenvalue weighted by atomic mass is 10.2. The summed E-state index contributed by atoms with van der Waals surface area (Å²) in [5.41, 5.74) is 1.07. The molecule has 12 heteroatoms. The van der Waals surface area contributed by atoms with Crippen LogP contribution >= 0.6 is 35.0 Å². The molecule has 3 heterocycles. The van der Waals surface area contributed by atoms with Crippen LogP contribution in [0.2, 0.25) is 10.2 Å². The van der Waals surface area contributed by atoms with E-state index in [0.717, 1.165) is 18.8 Å². The van der Waals surface area contributed by atoms with Gasteiger partial charge in [-0.3, -0.25) is 4.79 Å². The molecule has 0 spiro atoms. The third-order valence-electron chi connectivity index (χ3n) is 6.42. The Balaban J connectivity index is 1.30. The average Bonchev–Trinajstić information content (AvgIpc) is 2.86. The number of piperazine rings is 2. The molecule has 4 rings (SSSR count). The van der Waals surface area contributed by atoms with Gasteiger partial charge in [-0.1, -0.05) is 41.0 Å². The summed E-state index contributed by atoms with van der Waals surface area (Å²) in [5, 5.41) is 4.48. The number of carbonyl (C=O) groups excluding carboxylic acids is 2. The summed E-state index contributed by atoms with van der Waals surface area (Å²) >= 11 is 13.7. The first-order valence-corrected chi connectivity index (χ1v) is 14.2. The van der Waals surface area contributed by atoms with Gasteiger partial charge in [0, 0.05) is 74.7 Å². The highest BCUT2D eigenvalue weighted by atomic mass is 35.5. The van der Waals surface area contributed by atoms with Gasteiger partial charge in [-0.25, -0.2) is 14.8 Å². The molecular weight excluding hydrogens is 533 g/mol. The molecule has 2 aliphatic rings. The van der Waals surface area contributed by atoms with Crippen molar-refractivity contribution in [2.24, 2.45) is 0 Å². The van der Waals surface area contributed by atoms with Crippen molar-refractivity contribution in [1.29, 1.82) is 0 Å². The van der Waals surface area contributed by atoms with Crippen LogP contribution in [-0.4, -0.2) is 95.4 Å². The molecule has 0 aliphatic carbocycles. The number of hydrogen-bond donors (Lipinski definition) is 1. The number of aromatic nitrogens is 2. The molecule has 200 valence electrons. The van der Waals surface area contributed by atoms with Crippen LogP contribution in [-0.2, 0) is 4.79 Å². The Kier molecular flexibility index (Phi) is 9.26. The van der Waals surface area contributed by atoms with Gasteiger partial charge >= 0.3 is 6.03 Å². The minimum atomic E-state index is -0.0500. The van der Waals surface area contributed by atoms with Crippen molar-refractivity contribution < 1.29 is 9.59 Å². The Bertz CT molecular complexity index is 1110. The van der Waals surface area contributed by atoms with E-state index in [1.54, 1.807) is 6.07 Å². The molecule has 3 amide bonds. The van der Waals surface area contributed by atoms with E-state index in [2.05, 4.69) is 25.1 Å². The van der Waals surface area contributed by atoms with Crippen LogP contribution in [0, 0.1) is 0 Å². The fraction of sp³-hybridized carbons (Fsp3) is 0.520. The van der Waals surface area contributed by atoms with Crippen LogP contribution in [0.5, 0.6) is 0 Å². The first-order chi connectivity index (χ1) is 17.7. The second kappa shape index (κ2) is 12.4. The minimum Gasteiger partial charge on any atom is -0.368 e. The van der Waals surface area contributed by atoms with Crippen molar-refractivity contribution in [2.75, 3.05) is 61.4 Å². The summed E-state index contributed by atoms with van der Waals surface area (Å²) in [6.07, 6.45) is 0. The number of rotatable bonds is 6. The Labute approximate surface area is 232 Å². The molecule has 1 atom stereocenters. The van der Waals surface area contributed by atoms with Crippen LogP contribution in [0.1, 0.15) is 20.8 Å². The normalized spacial score (nSPS) is 18.4. The van der Waals surface area contributed by atoms with Crippen LogP contribution in [0.25, 0.3) is 0 Å². The van der Waals surface area contributed by atoms with Crippen molar-refractivity contribution in [3.8, 4) is 0 Å². The summed E-state index contributed by atoms with van der Waals surface area (Å²) in [7, 11) is 0. The number of benzene rings is 1. The molecular formula is C25H33Cl2N7O2S. The van der Waals surface area contributed by atoms with E-state index in [4.69, 9.17) is 23.2 Å². The summed E-state index contributed by atoms with van der Waals surface area (Å²) < 4.78 is 0. The lowest BCUT2D eigenvalue weighted by molar-refractivity contribution is -0.128. The number of nitrogens with zero attached hydrogens (tertiary/aromatic N) is 6. The fourth-order valence-electron chi connectivity index (χ4n) is 4.51. The Hall–Kier alpha value is -2.43. The maximum atomic E-state index is 12.9. The van der Waals surface area contributed by atoms with Crippen LogP contribution in [0.3, 0.4) is 0 Å². The molecule has 0 radical (unpaired) electrons. The number of hydrogen-bond acceptors (Lipinski definition) is 7. The zero-order valence-electron chi connectivity index (χ0n) is 21.4. The van der Waals surface area contributed by atoms with Crippen molar-refractivity contribution in [3.05, 3.63) is 40.5 Å². The molecule has 2 saturated heterocycles. The number of nitrogens with one attached hydrogen (secondary N) is 1. The smallest absolute Gasteiger partial charge is 0.317 e. The number of halogens is 2. The van der Waals surface area contributed by atoms with Gasteiger partial charge in [0.15, 0.2) is 5.16 Å². The molecule has 37 heavy (non-hydrogen) atoms. The standard InChI is InChI=1S/C25H33Cl2N7O2S/c1-17(2)28-25(36)34-12-11-33(15-18(34)3)22-14-21(27)29-24(30-22)37-16-23(35)32-9-7-31(8-10-32)20-6-4-5-19(26)13-20/h4-6,13-14,17-18H,7-12,15-16H2,1-3H3,(H,28,36). The van der Waals surface area contributed by atoms with Gasteiger partial charge in [0.2, 0.25) is 5.91 Å². The number of urea groups is 1. The molecule has 1 aromatic heterocycles.